The van der Waals surface area contributed by atoms with E-state index in [1.54, 1.807) is 6.07 Å². The van der Waals surface area contributed by atoms with Gasteiger partial charge in [-0.1, -0.05) is 0 Å². The summed E-state index contributed by atoms with van der Waals surface area (Å²) in [5, 5.41) is 10.3. The van der Waals surface area contributed by atoms with Crippen molar-refractivity contribution in [1.82, 2.24) is 9.47 Å². The number of nitrogens with zero attached hydrogens (tertiary/aromatic N) is 2. The number of aromatic nitrogens is 1. The summed E-state index contributed by atoms with van der Waals surface area (Å²) < 4.78 is 2.22. The van der Waals surface area contributed by atoms with Crippen LogP contribution in [0.1, 0.15) is 35.2 Å². The first-order valence-electron chi connectivity index (χ1n) is 8.46. The van der Waals surface area contributed by atoms with Gasteiger partial charge in [-0.25, -0.2) is 4.79 Å². The van der Waals surface area contributed by atoms with Crippen molar-refractivity contribution in [1.29, 1.82) is 0 Å². The lowest BCUT2D eigenvalue weighted by Gasteiger charge is -2.13. The number of hydrogen-bond donors (Lipinski definition) is 2. The van der Waals surface area contributed by atoms with Gasteiger partial charge in [0.2, 0.25) is 0 Å². The molecule has 0 amide bonds. The van der Waals surface area contributed by atoms with Gasteiger partial charge in [-0.15, -0.1) is 0 Å². The zero-order chi connectivity index (χ0) is 16.2. The Morgan fingerprint density at radius 1 is 1.22 bits per heavy atom. The predicted octanol–water partition coefficient (Wildman–Crippen LogP) is 2.33. The van der Waals surface area contributed by atoms with E-state index in [9.17, 15) is 9.90 Å². The molecule has 1 aliphatic rings. The summed E-state index contributed by atoms with van der Waals surface area (Å²) in [5.74, 6) is -0.868. The highest BCUT2D eigenvalue weighted by Gasteiger charge is 2.15. The third-order valence-electron chi connectivity index (χ3n) is 4.71. The smallest absolute Gasteiger partial charge is 0.335 e. The summed E-state index contributed by atoms with van der Waals surface area (Å²) in [6.07, 6.45) is 6.66. The van der Waals surface area contributed by atoms with Gasteiger partial charge in [0.1, 0.15) is 0 Å². The lowest BCUT2D eigenvalue weighted by atomic mass is 10.1. The fraction of sp³-hybridized carbons (Fsp3) is 0.500. The molecular formula is C18H25N3O2. The van der Waals surface area contributed by atoms with Crippen LogP contribution in [-0.2, 0) is 13.0 Å². The van der Waals surface area contributed by atoms with Gasteiger partial charge < -0.3 is 20.3 Å². The van der Waals surface area contributed by atoms with E-state index in [1.165, 1.54) is 31.5 Å². The van der Waals surface area contributed by atoms with Crippen molar-refractivity contribution in [3.63, 3.8) is 0 Å². The lowest BCUT2D eigenvalue weighted by molar-refractivity contribution is 0.0697. The van der Waals surface area contributed by atoms with Crippen LogP contribution >= 0.6 is 0 Å². The first-order valence-corrected chi connectivity index (χ1v) is 8.46. The van der Waals surface area contributed by atoms with Crippen molar-refractivity contribution < 1.29 is 9.90 Å². The molecule has 23 heavy (non-hydrogen) atoms. The lowest BCUT2D eigenvalue weighted by Crippen LogP contribution is -2.21. The standard InChI is InChI=1S/C18H25N3O2/c19-7-3-10-21-13-15(6-11-20-8-1-2-9-20)16-12-14(18(22)23)4-5-17(16)21/h4-5,12-13H,1-3,6-11,19H2,(H,22,23). The molecule has 0 spiro atoms. The molecular weight excluding hydrogens is 290 g/mol. The summed E-state index contributed by atoms with van der Waals surface area (Å²) in [5.41, 5.74) is 8.35. The molecule has 5 nitrogen and oxygen atoms in total. The molecule has 1 saturated heterocycles. The highest BCUT2D eigenvalue weighted by molar-refractivity contribution is 5.95. The number of benzene rings is 1. The molecule has 1 fully saturated rings. The van der Waals surface area contributed by atoms with Gasteiger partial charge in [-0.3, -0.25) is 0 Å². The van der Waals surface area contributed by atoms with E-state index >= 15 is 0 Å². The maximum atomic E-state index is 11.3. The molecule has 1 aliphatic heterocycles. The monoisotopic (exact) mass is 315 g/mol. The number of carbonyl (C=O) groups is 1. The number of likely N-dealkylation sites (tertiary alicyclic amines) is 1. The topological polar surface area (TPSA) is 71.5 Å². The molecule has 0 atom stereocenters. The number of carboxylic acid groups (broad SMARTS) is 1. The molecule has 124 valence electrons. The Morgan fingerprint density at radius 3 is 2.70 bits per heavy atom. The van der Waals surface area contributed by atoms with E-state index < -0.39 is 5.97 Å². The van der Waals surface area contributed by atoms with Crippen LogP contribution < -0.4 is 5.73 Å². The summed E-state index contributed by atoms with van der Waals surface area (Å²) in [7, 11) is 0. The second kappa shape index (κ2) is 7.15. The molecule has 1 aromatic carbocycles. The molecule has 0 radical (unpaired) electrons. The maximum Gasteiger partial charge on any atom is 0.335 e. The van der Waals surface area contributed by atoms with Crippen LogP contribution in [0.3, 0.4) is 0 Å². The minimum absolute atomic E-state index is 0.358. The summed E-state index contributed by atoms with van der Waals surface area (Å²) in [6.45, 7) is 4.96. The molecule has 2 aromatic rings. The zero-order valence-corrected chi connectivity index (χ0v) is 13.5. The number of nitrogens with two attached hydrogens (primary N) is 1. The molecule has 0 saturated carbocycles. The minimum Gasteiger partial charge on any atom is -0.478 e. The maximum absolute atomic E-state index is 11.3. The van der Waals surface area contributed by atoms with E-state index in [0.29, 0.717) is 12.1 Å². The number of hydrogen-bond acceptors (Lipinski definition) is 3. The molecule has 3 N–H and O–H groups in total. The van der Waals surface area contributed by atoms with Crippen LogP contribution in [0.2, 0.25) is 0 Å². The Balaban J connectivity index is 1.89. The number of carboxylic acids is 1. The minimum atomic E-state index is -0.868. The van der Waals surface area contributed by atoms with Crippen LogP contribution in [0.25, 0.3) is 10.9 Å². The SMILES string of the molecule is NCCCn1cc(CCN2CCCC2)c2cc(C(=O)O)ccc21. The van der Waals surface area contributed by atoms with Gasteiger partial charge in [-0.2, -0.15) is 0 Å². The van der Waals surface area contributed by atoms with Crippen molar-refractivity contribution >= 4 is 16.9 Å². The van der Waals surface area contributed by atoms with Crippen LogP contribution in [0.5, 0.6) is 0 Å². The number of aryl methyl sites for hydroxylation is 1. The zero-order valence-electron chi connectivity index (χ0n) is 13.5. The second-order valence-electron chi connectivity index (χ2n) is 6.33. The Kier molecular flexibility index (Phi) is 4.98. The normalized spacial score (nSPS) is 15.5. The molecule has 5 heteroatoms. The van der Waals surface area contributed by atoms with E-state index in [4.69, 9.17) is 5.73 Å². The van der Waals surface area contributed by atoms with E-state index in [1.807, 2.05) is 12.1 Å². The van der Waals surface area contributed by atoms with Gasteiger partial charge >= 0.3 is 5.97 Å². The van der Waals surface area contributed by atoms with Crippen LogP contribution in [0.4, 0.5) is 0 Å². The van der Waals surface area contributed by atoms with Crippen molar-refractivity contribution in [2.45, 2.75) is 32.2 Å². The van der Waals surface area contributed by atoms with E-state index in [0.717, 1.165) is 36.8 Å². The largest absolute Gasteiger partial charge is 0.478 e. The van der Waals surface area contributed by atoms with Gasteiger partial charge in [-0.05, 0) is 69.1 Å². The Bertz CT molecular complexity index is 687. The third-order valence-corrected chi connectivity index (χ3v) is 4.71. The summed E-state index contributed by atoms with van der Waals surface area (Å²) >= 11 is 0. The van der Waals surface area contributed by atoms with Crippen molar-refractivity contribution in [2.75, 3.05) is 26.2 Å². The Morgan fingerprint density at radius 2 is 2.00 bits per heavy atom. The quantitative estimate of drug-likeness (QED) is 0.822. The van der Waals surface area contributed by atoms with E-state index in [-0.39, 0.29) is 0 Å². The fourth-order valence-corrected chi connectivity index (χ4v) is 3.43. The van der Waals surface area contributed by atoms with Gasteiger partial charge in [0.25, 0.3) is 0 Å². The number of rotatable bonds is 7. The first-order chi connectivity index (χ1) is 11.2. The first kappa shape index (κ1) is 16.0. The van der Waals surface area contributed by atoms with Crippen LogP contribution in [0.15, 0.2) is 24.4 Å². The van der Waals surface area contributed by atoms with Crippen molar-refractivity contribution in [2.24, 2.45) is 5.73 Å². The van der Waals surface area contributed by atoms with Crippen LogP contribution in [-0.4, -0.2) is 46.7 Å². The highest BCUT2D eigenvalue weighted by atomic mass is 16.4. The molecule has 0 aliphatic carbocycles. The second-order valence-corrected chi connectivity index (χ2v) is 6.33. The molecule has 1 aromatic heterocycles. The predicted molar refractivity (Wildman–Crippen MR) is 91.9 cm³/mol. The third kappa shape index (κ3) is 3.57. The highest BCUT2D eigenvalue weighted by Crippen LogP contribution is 2.24. The Hall–Kier alpha value is -1.85. The fourth-order valence-electron chi connectivity index (χ4n) is 3.43. The van der Waals surface area contributed by atoms with E-state index in [2.05, 4.69) is 15.7 Å². The number of aromatic carboxylic acids is 1. The summed E-state index contributed by atoms with van der Waals surface area (Å²) in [4.78, 5) is 13.8. The average molecular weight is 315 g/mol. The van der Waals surface area contributed by atoms with Gasteiger partial charge in [0.05, 0.1) is 5.56 Å². The van der Waals surface area contributed by atoms with Gasteiger partial charge in [0, 0.05) is 30.2 Å². The molecule has 2 heterocycles. The van der Waals surface area contributed by atoms with Gasteiger partial charge in [0.15, 0.2) is 0 Å². The Labute approximate surface area is 136 Å². The average Bonchev–Trinajstić information content (AvgIpc) is 3.18. The molecule has 3 rings (SSSR count). The van der Waals surface area contributed by atoms with Crippen molar-refractivity contribution in [3.8, 4) is 0 Å². The summed E-state index contributed by atoms with van der Waals surface area (Å²) in [6, 6.07) is 5.43. The van der Waals surface area contributed by atoms with Crippen molar-refractivity contribution in [3.05, 3.63) is 35.5 Å². The van der Waals surface area contributed by atoms with Crippen LogP contribution in [0, 0.1) is 0 Å². The number of fused-ring (bicyclic) bond motifs is 1. The molecule has 0 bridgehead atoms. The molecule has 0 unspecified atom stereocenters.